The fourth-order valence-electron chi connectivity index (χ4n) is 3.27. The van der Waals surface area contributed by atoms with E-state index in [2.05, 4.69) is 35.9 Å². The molecule has 0 aliphatic heterocycles. The van der Waals surface area contributed by atoms with Crippen molar-refractivity contribution < 1.29 is 9.47 Å². The first kappa shape index (κ1) is 20.1. The van der Waals surface area contributed by atoms with Crippen molar-refractivity contribution >= 4 is 16.6 Å². The lowest BCUT2D eigenvalue weighted by Gasteiger charge is -2.17. The summed E-state index contributed by atoms with van der Waals surface area (Å²) in [5, 5.41) is 2.16. The lowest BCUT2D eigenvalue weighted by atomic mass is 10.0. The highest BCUT2D eigenvalue weighted by Crippen LogP contribution is 2.33. The van der Waals surface area contributed by atoms with Gasteiger partial charge in [-0.15, -0.1) is 0 Å². The van der Waals surface area contributed by atoms with Gasteiger partial charge in [0, 0.05) is 17.5 Å². The molecule has 1 heterocycles. The zero-order valence-electron chi connectivity index (χ0n) is 16.7. The molecular formula is C23H29N3O2. The number of ether oxygens (including phenoxy) is 2. The number of fused-ring (bicyclic) bond motifs is 1. The zero-order valence-corrected chi connectivity index (χ0v) is 16.7. The molecule has 1 aromatic heterocycles. The lowest BCUT2D eigenvalue weighted by molar-refractivity contribution is 0.0823. The average molecular weight is 380 g/mol. The third-order valence-corrected chi connectivity index (χ3v) is 4.86. The summed E-state index contributed by atoms with van der Waals surface area (Å²) in [6.07, 6.45) is 0. The molecular weight excluding hydrogens is 350 g/mol. The quantitative estimate of drug-likeness (QED) is 0.535. The highest BCUT2D eigenvalue weighted by molar-refractivity contribution is 5.99. The maximum absolute atomic E-state index is 6.01. The fourth-order valence-corrected chi connectivity index (χ4v) is 3.27. The van der Waals surface area contributed by atoms with Gasteiger partial charge in [0.05, 0.1) is 18.9 Å². The van der Waals surface area contributed by atoms with Gasteiger partial charge < -0.3 is 20.1 Å². The van der Waals surface area contributed by atoms with Crippen molar-refractivity contribution in [3.8, 4) is 17.0 Å². The SMILES string of the molecule is CCN(CC)CCOCCOc1ccc(-c2cccc(N)n2)c2ccccc12. The van der Waals surface area contributed by atoms with Gasteiger partial charge in [-0.25, -0.2) is 4.98 Å². The first-order valence-corrected chi connectivity index (χ1v) is 9.90. The van der Waals surface area contributed by atoms with E-state index in [0.717, 1.165) is 54.0 Å². The van der Waals surface area contributed by atoms with E-state index in [9.17, 15) is 0 Å². The summed E-state index contributed by atoms with van der Waals surface area (Å²) < 4.78 is 11.7. The highest BCUT2D eigenvalue weighted by atomic mass is 16.5. The molecule has 0 amide bonds. The summed E-state index contributed by atoms with van der Waals surface area (Å²) in [6.45, 7) is 9.23. The summed E-state index contributed by atoms with van der Waals surface area (Å²) in [6, 6.07) is 17.9. The van der Waals surface area contributed by atoms with Crippen molar-refractivity contribution in [1.82, 2.24) is 9.88 Å². The van der Waals surface area contributed by atoms with Crippen molar-refractivity contribution in [2.45, 2.75) is 13.8 Å². The molecule has 3 aromatic rings. The number of benzene rings is 2. The Kier molecular flexibility index (Phi) is 7.23. The van der Waals surface area contributed by atoms with Gasteiger partial charge in [0.1, 0.15) is 18.2 Å². The van der Waals surface area contributed by atoms with Crippen LogP contribution in [0, 0.1) is 0 Å². The number of pyridine rings is 1. The molecule has 0 fully saturated rings. The van der Waals surface area contributed by atoms with Gasteiger partial charge in [-0.1, -0.05) is 44.2 Å². The minimum atomic E-state index is 0.517. The second-order valence-corrected chi connectivity index (χ2v) is 6.59. The largest absolute Gasteiger partial charge is 0.491 e. The Morgan fingerprint density at radius 3 is 2.39 bits per heavy atom. The Labute approximate surface area is 167 Å². The van der Waals surface area contributed by atoms with Gasteiger partial charge in [-0.3, -0.25) is 0 Å². The zero-order chi connectivity index (χ0) is 19.8. The second kappa shape index (κ2) is 10.1. The third-order valence-electron chi connectivity index (χ3n) is 4.86. The van der Waals surface area contributed by atoms with E-state index in [1.54, 1.807) is 6.07 Å². The van der Waals surface area contributed by atoms with Crippen molar-refractivity contribution in [3.05, 3.63) is 54.6 Å². The molecule has 5 heteroatoms. The maximum Gasteiger partial charge on any atom is 0.127 e. The minimum absolute atomic E-state index is 0.517. The molecule has 0 unspecified atom stereocenters. The molecule has 148 valence electrons. The smallest absolute Gasteiger partial charge is 0.127 e. The van der Waals surface area contributed by atoms with Crippen LogP contribution in [0.15, 0.2) is 54.6 Å². The van der Waals surface area contributed by atoms with E-state index in [1.165, 1.54) is 0 Å². The van der Waals surface area contributed by atoms with Crippen LogP contribution < -0.4 is 10.5 Å². The molecule has 3 rings (SSSR count). The number of nitrogen functional groups attached to an aromatic ring is 1. The van der Waals surface area contributed by atoms with Crippen molar-refractivity contribution in [2.24, 2.45) is 0 Å². The standard InChI is InChI=1S/C23H29N3O2/c1-3-26(4-2)14-15-27-16-17-28-22-13-12-19(18-8-5-6-9-20(18)22)21-10-7-11-23(24)25-21/h5-13H,3-4,14-17H2,1-2H3,(H2,24,25). The summed E-state index contributed by atoms with van der Waals surface area (Å²) >= 11 is 0. The topological polar surface area (TPSA) is 60.6 Å². The number of hydrogen-bond acceptors (Lipinski definition) is 5. The van der Waals surface area contributed by atoms with E-state index in [0.29, 0.717) is 19.0 Å². The van der Waals surface area contributed by atoms with E-state index < -0.39 is 0 Å². The first-order chi connectivity index (χ1) is 13.7. The number of nitrogens with two attached hydrogens (primary N) is 1. The van der Waals surface area contributed by atoms with E-state index in [4.69, 9.17) is 15.2 Å². The second-order valence-electron chi connectivity index (χ2n) is 6.59. The predicted octanol–water partition coefficient (Wildman–Crippen LogP) is 4.22. The summed E-state index contributed by atoms with van der Waals surface area (Å²) in [5.74, 6) is 1.37. The molecule has 2 N–H and O–H groups in total. The van der Waals surface area contributed by atoms with E-state index >= 15 is 0 Å². The van der Waals surface area contributed by atoms with Crippen molar-refractivity contribution in [2.75, 3.05) is 45.2 Å². The van der Waals surface area contributed by atoms with Gasteiger partial charge in [-0.05, 0) is 42.7 Å². The number of nitrogens with zero attached hydrogens (tertiary/aromatic N) is 2. The third kappa shape index (κ3) is 5.00. The van der Waals surface area contributed by atoms with Crippen LogP contribution in [-0.4, -0.2) is 49.3 Å². The Hall–Kier alpha value is -2.63. The molecule has 28 heavy (non-hydrogen) atoms. The highest BCUT2D eigenvalue weighted by Gasteiger charge is 2.10. The molecule has 0 aliphatic carbocycles. The van der Waals surface area contributed by atoms with Gasteiger partial charge in [-0.2, -0.15) is 0 Å². The molecule has 0 saturated carbocycles. The van der Waals surface area contributed by atoms with E-state index in [1.807, 2.05) is 36.4 Å². The lowest BCUT2D eigenvalue weighted by Crippen LogP contribution is -2.27. The number of rotatable bonds is 10. The Morgan fingerprint density at radius 2 is 1.64 bits per heavy atom. The summed E-state index contributed by atoms with van der Waals surface area (Å²) in [7, 11) is 0. The molecule has 0 spiro atoms. The monoisotopic (exact) mass is 379 g/mol. The van der Waals surface area contributed by atoms with Gasteiger partial charge in [0.15, 0.2) is 0 Å². The molecule has 0 radical (unpaired) electrons. The molecule has 0 bridgehead atoms. The number of anilines is 1. The van der Waals surface area contributed by atoms with E-state index in [-0.39, 0.29) is 0 Å². The number of likely N-dealkylation sites (N-methyl/N-ethyl adjacent to an activating group) is 1. The van der Waals surface area contributed by atoms with Crippen molar-refractivity contribution in [1.29, 1.82) is 0 Å². The Morgan fingerprint density at radius 1 is 0.857 bits per heavy atom. The Balaban J connectivity index is 1.66. The first-order valence-electron chi connectivity index (χ1n) is 9.90. The van der Waals surface area contributed by atoms with Crippen LogP contribution in [0.5, 0.6) is 5.75 Å². The molecule has 0 atom stereocenters. The maximum atomic E-state index is 6.01. The van der Waals surface area contributed by atoms with Gasteiger partial charge in [0.25, 0.3) is 0 Å². The predicted molar refractivity (Wildman–Crippen MR) is 116 cm³/mol. The van der Waals surface area contributed by atoms with Crippen LogP contribution in [0.3, 0.4) is 0 Å². The van der Waals surface area contributed by atoms with Crippen LogP contribution in [0.25, 0.3) is 22.0 Å². The van der Waals surface area contributed by atoms with Crippen LogP contribution in [0.2, 0.25) is 0 Å². The minimum Gasteiger partial charge on any atom is -0.491 e. The van der Waals surface area contributed by atoms with Crippen molar-refractivity contribution in [3.63, 3.8) is 0 Å². The Bertz CT molecular complexity index is 894. The van der Waals surface area contributed by atoms with Crippen LogP contribution >= 0.6 is 0 Å². The molecule has 2 aromatic carbocycles. The summed E-state index contributed by atoms with van der Waals surface area (Å²) in [4.78, 5) is 6.80. The number of aromatic nitrogens is 1. The van der Waals surface area contributed by atoms with Gasteiger partial charge in [0.2, 0.25) is 0 Å². The normalized spacial score (nSPS) is 11.2. The average Bonchev–Trinajstić information content (AvgIpc) is 2.73. The fraction of sp³-hybridized carbons (Fsp3) is 0.348. The molecule has 0 aliphatic rings. The summed E-state index contributed by atoms with van der Waals surface area (Å²) in [5.41, 5.74) is 7.77. The van der Waals surface area contributed by atoms with Crippen LogP contribution in [0.4, 0.5) is 5.82 Å². The number of hydrogen-bond donors (Lipinski definition) is 1. The van der Waals surface area contributed by atoms with Crippen LogP contribution in [-0.2, 0) is 4.74 Å². The molecule has 5 nitrogen and oxygen atoms in total. The van der Waals surface area contributed by atoms with Gasteiger partial charge >= 0.3 is 0 Å². The molecule has 0 saturated heterocycles. The van der Waals surface area contributed by atoms with Crippen LogP contribution in [0.1, 0.15) is 13.8 Å².